The molecule has 0 aliphatic carbocycles. The number of hydrogen-bond acceptors (Lipinski definition) is 2. The molecule has 6 heteroatoms. The maximum absolute atomic E-state index is 12.8. The molecule has 0 bridgehead atoms. The summed E-state index contributed by atoms with van der Waals surface area (Å²) in [4.78, 5) is 0.309. The minimum absolute atomic E-state index is 0.309. The molecule has 0 heterocycles. The number of hydrogen-bond donors (Lipinski definition) is 0. The summed E-state index contributed by atoms with van der Waals surface area (Å²) in [5.41, 5.74) is 0.894. The highest BCUT2D eigenvalue weighted by Gasteiger charge is 2.26. The minimum Gasteiger partial charge on any atom is -0.207 e. The van der Waals surface area contributed by atoms with Gasteiger partial charge < -0.3 is 0 Å². The number of sulfonamides is 1. The van der Waals surface area contributed by atoms with Gasteiger partial charge in [0.1, 0.15) is 0 Å². The van der Waals surface area contributed by atoms with Crippen molar-refractivity contribution < 1.29 is 8.42 Å². The van der Waals surface area contributed by atoms with Gasteiger partial charge in [0.05, 0.1) is 4.90 Å². The Kier molecular flexibility index (Phi) is 7.68. The summed E-state index contributed by atoms with van der Waals surface area (Å²) < 4.78 is 27.8. The Labute approximate surface area is 141 Å². The van der Waals surface area contributed by atoms with Gasteiger partial charge in [0.25, 0.3) is 0 Å². The quantitative estimate of drug-likeness (QED) is 0.600. The number of benzene rings is 1. The van der Waals surface area contributed by atoms with Gasteiger partial charge >= 0.3 is 0 Å². The summed E-state index contributed by atoms with van der Waals surface area (Å²) in [6, 6.07) is 5.16. The van der Waals surface area contributed by atoms with Gasteiger partial charge in [-0.05, 0) is 39.5 Å². The Morgan fingerprint density at radius 1 is 1.24 bits per heavy atom. The maximum atomic E-state index is 12.8. The zero-order valence-electron chi connectivity index (χ0n) is 12.8. The second-order valence-electron chi connectivity index (χ2n) is 5.04. The van der Waals surface area contributed by atoms with Crippen LogP contribution in [0.2, 0.25) is 0 Å². The van der Waals surface area contributed by atoms with E-state index in [1.165, 1.54) is 0 Å². The Balaban J connectivity index is 3.12. The van der Waals surface area contributed by atoms with Crippen LogP contribution in [0, 0.1) is 5.92 Å². The van der Waals surface area contributed by atoms with Crippen molar-refractivity contribution in [2.75, 3.05) is 13.1 Å². The first-order valence-electron chi connectivity index (χ1n) is 7.25. The Morgan fingerprint density at radius 3 is 2.29 bits per heavy atom. The molecule has 0 aliphatic heterocycles. The molecule has 0 aliphatic rings. The molecule has 0 fully saturated rings. The monoisotopic (exact) mass is 395 g/mol. The highest BCUT2D eigenvalue weighted by atomic mass is 79.9. The molecule has 1 aromatic rings. The first-order chi connectivity index (χ1) is 9.90. The number of alkyl halides is 1. The van der Waals surface area contributed by atoms with E-state index >= 15 is 0 Å². The summed E-state index contributed by atoms with van der Waals surface area (Å²) >= 11 is 9.14. The van der Waals surface area contributed by atoms with Crippen molar-refractivity contribution in [2.24, 2.45) is 5.92 Å². The van der Waals surface area contributed by atoms with E-state index in [-0.39, 0.29) is 0 Å². The van der Waals surface area contributed by atoms with Crippen molar-refractivity contribution in [2.45, 2.75) is 44.4 Å². The average molecular weight is 397 g/mol. The van der Waals surface area contributed by atoms with E-state index in [4.69, 9.17) is 11.6 Å². The van der Waals surface area contributed by atoms with Crippen LogP contribution in [0.3, 0.4) is 0 Å². The molecule has 0 atom stereocenters. The molecule has 0 saturated carbocycles. The van der Waals surface area contributed by atoms with E-state index in [0.29, 0.717) is 34.3 Å². The van der Waals surface area contributed by atoms with Gasteiger partial charge in [-0.1, -0.05) is 39.7 Å². The SMILES string of the molecule is CCC(CC)CN(CC)S(=O)(=O)c1ccc(CCl)cc1Br. The van der Waals surface area contributed by atoms with Crippen LogP contribution in [-0.4, -0.2) is 25.8 Å². The zero-order chi connectivity index (χ0) is 16.0. The number of rotatable bonds is 8. The lowest BCUT2D eigenvalue weighted by atomic mass is 10.0. The van der Waals surface area contributed by atoms with E-state index in [1.807, 2.05) is 6.92 Å². The van der Waals surface area contributed by atoms with Crippen molar-refractivity contribution in [3.8, 4) is 0 Å². The smallest absolute Gasteiger partial charge is 0.207 e. The van der Waals surface area contributed by atoms with E-state index in [0.717, 1.165) is 18.4 Å². The third-order valence-electron chi connectivity index (χ3n) is 3.74. The summed E-state index contributed by atoms with van der Waals surface area (Å²) in [7, 11) is -3.48. The van der Waals surface area contributed by atoms with Crippen LogP contribution < -0.4 is 0 Å². The van der Waals surface area contributed by atoms with E-state index in [9.17, 15) is 8.42 Å². The fraction of sp³-hybridized carbons (Fsp3) is 0.600. The molecule has 0 unspecified atom stereocenters. The Morgan fingerprint density at radius 2 is 1.86 bits per heavy atom. The summed E-state index contributed by atoms with van der Waals surface area (Å²) in [5, 5.41) is 0. The summed E-state index contributed by atoms with van der Waals surface area (Å²) in [6.45, 7) is 7.11. The van der Waals surface area contributed by atoms with Gasteiger partial charge in [0.2, 0.25) is 10.0 Å². The van der Waals surface area contributed by atoms with E-state index in [2.05, 4.69) is 29.8 Å². The first kappa shape index (κ1) is 18.9. The second-order valence-corrected chi connectivity index (χ2v) is 8.06. The van der Waals surface area contributed by atoms with Crippen LogP contribution in [0.25, 0.3) is 0 Å². The largest absolute Gasteiger partial charge is 0.244 e. The van der Waals surface area contributed by atoms with Crippen molar-refractivity contribution in [1.82, 2.24) is 4.31 Å². The molecule has 0 radical (unpaired) electrons. The highest BCUT2D eigenvalue weighted by Crippen LogP contribution is 2.27. The van der Waals surface area contributed by atoms with Crippen LogP contribution in [0.4, 0.5) is 0 Å². The lowest BCUT2D eigenvalue weighted by molar-refractivity contribution is 0.339. The molecule has 120 valence electrons. The molecular weight excluding hydrogens is 374 g/mol. The molecule has 1 rings (SSSR count). The minimum atomic E-state index is -3.48. The van der Waals surface area contributed by atoms with Crippen molar-refractivity contribution in [1.29, 1.82) is 0 Å². The number of halogens is 2. The molecule has 21 heavy (non-hydrogen) atoms. The second kappa shape index (κ2) is 8.51. The third kappa shape index (κ3) is 4.68. The van der Waals surface area contributed by atoms with Gasteiger partial charge in [-0.15, -0.1) is 11.6 Å². The summed E-state index contributed by atoms with van der Waals surface area (Å²) in [6.07, 6.45) is 1.96. The lowest BCUT2D eigenvalue weighted by Gasteiger charge is -2.25. The van der Waals surface area contributed by atoms with E-state index < -0.39 is 10.0 Å². The Hall–Kier alpha value is -0.100. The van der Waals surface area contributed by atoms with Crippen LogP contribution in [-0.2, 0) is 15.9 Å². The zero-order valence-corrected chi connectivity index (χ0v) is 15.9. The predicted octanol–water partition coefficient (Wildman–Crippen LogP) is 4.63. The predicted molar refractivity (Wildman–Crippen MR) is 92.2 cm³/mol. The fourth-order valence-electron chi connectivity index (χ4n) is 2.21. The normalized spacial score (nSPS) is 12.3. The molecular formula is C15H23BrClNO2S. The molecule has 1 aromatic carbocycles. The molecule has 0 N–H and O–H groups in total. The van der Waals surface area contributed by atoms with Crippen LogP contribution in [0.5, 0.6) is 0 Å². The lowest BCUT2D eigenvalue weighted by Crippen LogP contribution is -2.35. The van der Waals surface area contributed by atoms with Crippen molar-refractivity contribution >= 4 is 37.6 Å². The van der Waals surface area contributed by atoms with Gasteiger partial charge in [-0.2, -0.15) is 4.31 Å². The molecule has 0 amide bonds. The van der Waals surface area contributed by atoms with Crippen molar-refractivity contribution in [3.05, 3.63) is 28.2 Å². The molecule has 0 saturated heterocycles. The summed E-state index contributed by atoms with van der Waals surface area (Å²) in [5.74, 6) is 0.755. The third-order valence-corrected chi connectivity index (χ3v) is 6.96. The van der Waals surface area contributed by atoms with Gasteiger partial charge in [-0.25, -0.2) is 8.42 Å². The fourth-order valence-corrected chi connectivity index (χ4v) is 4.98. The topological polar surface area (TPSA) is 37.4 Å². The van der Waals surface area contributed by atoms with Gasteiger partial charge in [0.15, 0.2) is 0 Å². The average Bonchev–Trinajstić information content (AvgIpc) is 2.47. The number of nitrogens with zero attached hydrogens (tertiary/aromatic N) is 1. The molecule has 0 aromatic heterocycles. The van der Waals surface area contributed by atoms with Gasteiger partial charge in [0, 0.05) is 23.4 Å². The van der Waals surface area contributed by atoms with Gasteiger partial charge in [-0.3, -0.25) is 0 Å². The van der Waals surface area contributed by atoms with E-state index in [1.54, 1.807) is 22.5 Å². The maximum Gasteiger partial charge on any atom is 0.244 e. The van der Waals surface area contributed by atoms with Crippen LogP contribution in [0.15, 0.2) is 27.6 Å². The molecule has 3 nitrogen and oxygen atoms in total. The van der Waals surface area contributed by atoms with Crippen LogP contribution >= 0.6 is 27.5 Å². The Bertz CT molecular complexity index is 559. The van der Waals surface area contributed by atoms with Crippen molar-refractivity contribution in [3.63, 3.8) is 0 Å². The first-order valence-corrected chi connectivity index (χ1v) is 10.0. The van der Waals surface area contributed by atoms with Crippen LogP contribution in [0.1, 0.15) is 39.2 Å². The highest BCUT2D eigenvalue weighted by molar-refractivity contribution is 9.10. The molecule has 0 spiro atoms. The standard InChI is InChI=1S/C15H23BrClNO2S/c1-4-12(5-2)11-18(6-3)21(19,20)15-8-7-13(10-17)9-14(15)16/h7-9,12H,4-6,10-11H2,1-3H3.